The fourth-order valence-corrected chi connectivity index (χ4v) is 1.88. The Labute approximate surface area is 98.2 Å². The van der Waals surface area contributed by atoms with Crippen LogP contribution in [-0.4, -0.2) is 20.2 Å². The van der Waals surface area contributed by atoms with Gasteiger partial charge in [-0.15, -0.1) is 0 Å². The van der Waals surface area contributed by atoms with Crippen LogP contribution in [0.2, 0.25) is 0 Å². The first-order chi connectivity index (χ1) is 7.74. The van der Waals surface area contributed by atoms with Crippen molar-refractivity contribution in [1.82, 2.24) is 0 Å². The van der Waals surface area contributed by atoms with E-state index in [1.54, 1.807) is 7.11 Å². The van der Waals surface area contributed by atoms with Gasteiger partial charge in [0.2, 0.25) is 0 Å². The summed E-state index contributed by atoms with van der Waals surface area (Å²) in [4.78, 5) is 2.32. The molecule has 1 rings (SSSR count). The minimum Gasteiger partial charge on any atom is -0.495 e. The van der Waals surface area contributed by atoms with Crippen LogP contribution in [0.25, 0.3) is 0 Å². The molecule has 0 aliphatic rings. The lowest BCUT2D eigenvalue weighted by Crippen LogP contribution is -2.25. The number of hydrogen-bond acceptors (Lipinski definition) is 3. The molecular weight excluding hydrogens is 200 g/mol. The van der Waals surface area contributed by atoms with Crippen LogP contribution < -0.4 is 15.4 Å². The summed E-state index contributed by atoms with van der Waals surface area (Å²) in [5.74, 6) is 0.759. The van der Waals surface area contributed by atoms with E-state index < -0.39 is 0 Å². The van der Waals surface area contributed by atoms with Gasteiger partial charge in [0.15, 0.2) is 0 Å². The number of rotatable bonds is 6. The van der Waals surface area contributed by atoms with Gasteiger partial charge in [0, 0.05) is 13.1 Å². The highest BCUT2D eigenvalue weighted by atomic mass is 16.5. The fraction of sp³-hybridized carbons (Fsp3) is 0.538. The van der Waals surface area contributed by atoms with Gasteiger partial charge in [0.05, 0.1) is 18.5 Å². The number of hydrogen-bond donors (Lipinski definition) is 1. The highest BCUT2D eigenvalue weighted by Gasteiger charge is 2.11. The summed E-state index contributed by atoms with van der Waals surface area (Å²) >= 11 is 0. The Hall–Kier alpha value is -1.38. The molecule has 0 aliphatic heterocycles. The number of benzene rings is 1. The monoisotopic (exact) mass is 222 g/mol. The molecule has 0 atom stereocenters. The van der Waals surface area contributed by atoms with E-state index in [9.17, 15) is 0 Å². The quantitative estimate of drug-likeness (QED) is 0.752. The van der Waals surface area contributed by atoms with Crippen molar-refractivity contribution in [2.75, 3.05) is 30.8 Å². The number of nitrogens with zero attached hydrogens (tertiary/aromatic N) is 1. The van der Waals surface area contributed by atoms with Gasteiger partial charge in [-0.05, 0) is 25.0 Å². The van der Waals surface area contributed by atoms with E-state index in [-0.39, 0.29) is 0 Å². The first kappa shape index (κ1) is 12.7. The van der Waals surface area contributed by atoms with Crippen LogP contribution in [0.3, 0.4) is 0 Å². The molecule has 0 aliphatic carbocycles. The number of ether oxygens (including phenoxy) is 1. The topological polar surface area (TPSA) is 38.5 Å². The number of methoxy groups -OCH3 is 1. The van der Waals surface area contributed by atoms with Gasteiger partial charge in [-0.25, -0.2) is 0 Å². The summed E-state index contributed by atoms with van der Waals surface area (Å²) in [6, 6.07) is 5.95. The van der Waals surface area contributed by atoms with Crippen molar-refractivity contribution >= 4 is 11.4 Å². The largest absolute Gasteiger partial charge is 0.495 e. The van der Waals surface area contributed by atoms with Crippen molar-refractivity contribution in [2.24, 2.45) is 0 Å². The van der Waals surface area contributed by atoms with Crippen LogP contribution in [0, 0.1) is 0 Å². The molecule has 1 aromatic rings. The van der Waals surface area contributed by atoms with E-state index in [1.165, 1.54) is 0 Å². The first-order valence-electron chi connectivity index (χ1n) is 5.92. The molecule has 90 valence electrons. The third-order valence-corrected chi connectivity index (χ3v) is 2.59. The second-order valence-electron chi connectivity index (χ2n) is 3.88. The molecule has 0 spiro atoms. The molecule has 0 amide bonds. The molecule has 1 aromatic carbocycles. The average Bonchev–Trinajstić information content (AvgIpc) is 2.29. The molecule has 0 radical (unpaired) electrons. The number of anilines is 2. The molecule has 0 saturated heterocycles. The summed E-state index contributed by atoms with van der Waals surface area (Å²) in [6.45, 7) is 6.43. The lowest BCUT2D eigenvalue weighted by Gasteiger charge is -2.25. The molecule has 0 fully saturated rings. The van der Waals surface area contributed by atoms with Crippen LogP contribution >= 0.6 is 0 Å². The molecule has 3 nitrogen and oxygen atoms in total. The summed E-state index contributed by atoms with van der Waals surface area (Å²) < 4.78 is 5.24. The fourth-order valence-electron chi connectivity index (χ4n) is 1.88. The SMILES string of the molecule is CCCN(CCC)c1cccc(OC)c1N. The molecule has 0 unspecified atom stereocenters. The van der Waals surface area contributed by atoms with Crippen LogP contribution in [0.5, 0.6) is 5.75 Å². The van der Waals surface area contributed by atoms with Gasteiger partial charge in [0.1, 0.15) is 5.75 Å². The molecule has 2 N–H and O–H groups in total. The first-order valence-corrected chi connectivity index (χ1v) is 5.92. The minimum absolute atomic E-state index is 0.743. The maximum Gasteiger partial charge on any atom is 0.143 e. The van der Waals surface area contributed by atoms with Crippen LogP contribution in [-0.2, 0) is 0 Å². The smallest absolute Gasteiger partial charge is 0.143 e. The predicted molar refractivity (Wildman–Crippen MR) is 70.2 cm³/mol. The van der Waals surface area contributed by atoms with Gasteiger partial charge in [-0.1, -0.05) is 19.9 Å². The molecule has 0 heterocycles. The second-order valence-corrected chi connectivity index (χ2v) is 3.88. The maximum atomic E-state index is 6.09. The minimum atomic E-state index is 0.743. The van der Waals surface area contributed by atoms with Crippen molar-refractivity contribution in [1.29, 1.82) is 0 Å². The zero-order valence-corrected chi connectivity index (χ0v) is 10.5. The average molecular weight is 222 g/mol. The lowest BCUT2D eigenvalue weighted by atomic mass is 10.2. The Kier molecular flexibility index (Phi) is 4.96. The molecule has 0 saturated carbocycles. The van der Waals surface area contributed by atoms with Crippen LogP contribution in [0.15, 0.2) is 18.2 Å². The summed E-state index contributed by atoms with van der Waals surface area (Å²) in [5.41, 5.74) is 7.92. The van der Waals surface area contributed by atoms with Gasteiger partial charge < -0.3 is 15.4 Å². The third kappa shape index (κ3) is 2.81. The molecule has 0 bridgehead atoms. The van der Waals surface area contributed by atoms with Crippen molar-refractivity contribution in [3.05, 3.63) is 18.2 Å². The van der Waals surface area contributed by atoms with E-state index in [1.807, 2.05) is 12.1 Å². The molecule has 3 heteroatoms. The Morgan fingerprint density at radius 3 is 2.31 bits per heavy atom. The molecular formula is C13H22N2O. The van der Waals surface area contributed by atoms with E-state index in [4.69, 9.17) is 10.5 Å². The zero-order valence-electron chi connectivity index (χ0n) is 10.5. The van der Waals surface area contributed by atoms with Gasteiger partial charge in [-0.3, -0.25) is 0 Å². The number of nitrogen functional groups attached to an aromatic ring is 1. The summed E-state index contributed by atoms with van der Waals surface area (Å²) in [5, 5.41) is 0. The van der Waals surface area contributed by atoms with Gasteiger partial charge in [-0.2, -0.15) is 0 Å². The van der Waals surface area contributed by atoms with Gasteiger partial charge in [0.25, 0.3) is 0 Å². The Morgan fingerprint density at radius 1 is 1.19 bits per heavy atom. The zero-order chi connectivity index (χ0) is 12.0. The second kappa shape index (κ2) is 6.26. The summed E-state index contributed by atoms with van der Waals surface area (Å²) in [6.07, 6.45) is 2.24. The Balaban J connectivity index is 2.98. The number of nitrogens with two attached hydrogens (primary N) is 1. The highest BCUT2D eigenvalue weighted by Crippen LogP contribution is 2.32. The highest BCUT2D eigenvalue weighted by molar-refractivity contribution is 5.74. The van der Waals surface area contributed by atoms with Crippen molar-refractivity contribution in [3.8, 4) is 5.75 Å². The Morgan fingerprint density at radius 2 is 1.81 bits per heavy atom. The van der Waals surface area contributed by atoms with Crippen molar-refractivity contribution in [2.45, 2.75) is 26.7 Å². The maximum absolute atomic E-state index is 6.09. The van der Waals surface area contributed by atoms with Crippen molar-refractivity contribution < 1.29 is 4.74 Å². The van der Waals surface area contributed by atoms with Crippen molar-refractivity contribution in [3.63, 3.8) is 0 Å². The lowest BCUT2D eigenvalue weighted by molar-refractivity contribution is 0.417. The van der Waals surface area contributed by atoms with Crippen LogP contribution in [0.1, 0.15) is 26.7 Å². The normalized spacial score (nSPS) is 10.2. The molecule has 16 heavy (non-hydrogen) atoms. The standard InChI is InChI=1S/C13H22N2O/c1-4-9-15(10-5-2)11-7-6-8-12(16-3)13(11)14/h6-8H,4-5,9-10,14H2,1-3H3. The van der Waals surface area contributed by atoms with E-state index >= 15 is 0 Å². The Bertz CT molecular complexity index is 320. The summed E-state index contributed by atoms with van der Waals surface area (Å²) in [7, 11) is 1.65. The molecule has 0 aromatic heterocycles. The predicted octanol–water partition coefficient (Wildman–Crippen LogP) is 2.90. The van der Waals surface area contributed by atoms with E-state index in [2.05, 4.69) is 24.8 Å². The van der Waals surface area contributed by atoms with E-state index in [0.29, 0.717) is 0 Å². The number of para-hydroxylation sites is 1. The van der Waals surface area contributed by atoms with Gasteiger partial charge >= 0.3 is 0 Å². The van der Waals surface area contributed by atoms with E-state index in [0.717, 1.165) is 43.1 Å². The van der Waals surface area contributed by atoms with Crippen LogP contribution in [0.4, 0.5) is 11.4 Å². The third-order valence-electron chi connectivity index (χ3n) is 2.59.